The lowest BCUT2D eigenvalue weighted by molar-refractivity contribution is -0.125. The van der Waals surface area contributed by atoms with Crippen molar-refractivity contribution in [3.63, 3.8) is 0 Å². The topological polar surface area (TPSA) is 58.2 Å². The highest BCUT2D eigenvalue weighted by Gasteiger charge is 2.17. The first-order chi connectivity index (χ1) is 6.34. The van der Waals surface area contributed by atoms with Crippen LogP contribution >= 0.6 is 22.6 Å². The van der Waals surface area contributed by atoms with Crippen LogP contribution in [0.3, 0.4) is 0 Å². The zero-order valence-electron chi connectivity index (χ0n) is 8.93. The van der Waals surface area contributed by atoms with Crippen molar-refractivity contribution in [3.05, 3.63) is 0 Å². The van der Waals surface area contributed by atoms with E-state index in [1.54, 1.807) is 36.4 Å². The quantitative estimate of drug-likeness (QED) is 0.584. The van der Waals surface area contributed by atoms with Crippen LogP contribution in [0.2, 0.25) is 0 Å². The van der Waals surface area contributed by atoms with Crippen molar-refractivity contribution < 1.29 is 9.59 Å². The zero-order chi connectivity index (χ0) is 11.3. The van der Waals surface area contributed by atoms with E-state index in [1.165, 1.54) is 0 Å². The summed E-state index contributed by atoms with van der Waals surface area (Å²) >= 11 is 1.68. The molecule has 4 nitrogen and oxygen atoms in total. The second-order valence-electron chi connectivity index (χ2n) is 3.58. The van der Waals surface area contributed by atoms with Crippen LogP contribution in [0.5, 0.6) is 0 Å². The first-order valence-corrected chi connectivity index (χ1v) is 5.68. The minimum Gasteiger partial charge on any atom is -0.344 e. The van der Waals surface area contributed by atoms with Crippen molar-refractivity contribution in [3.8, 4) is 0 Å². The Kier molecular flexibility index (Phi) is 6.26. The molecule has 0 aromatic heterocycles. The van der Waals surface area contributed by atoms with E-state index in [1.807, 2.05) is 13.8 Å². The molecule has 5 heteroatoms. The van der Waals surface area contributed by atoms with E-state index in [-0.39, 0.29) is 21.8 Å². The Morgan fingerprint density at radius 2 is 1.57 bits per heavy atom. The Balaban J connectivity index is 4.01. The highest BCUT2D eigenvalue weighted by atomic mass is 127. The summed E-state index contributed by atoms with van der Waals surface area (Å²) in [6, 6.07) is -0.436. The SMILES string of the molecule is CC(C)N[C@@H](C)C(=O)N[C@@H](C)C(=O)I. The van der Waals surface area contributed by atoms with Crippen molar-refractivity contribution >= 4 is 32.3 Å². The largest absolute Gasteiger partial charge is 0.344 e. The maximum absolute atomic E-state index is 11.5. The Morgan fingerprint density at radius 3 is 1.93 bits per heavy atom. The van der Waals surface area contributed by atoms with Gasteiger partial charge in [0.25, 0.3) is 0 Å². The summed E-state index contributed by atoms with van der Waals surface area (Å²) in [6.45, 7) is 7.39. The smallest absolute Gasteiger partial charge is 0.237 e. The van der Waals surface area contributed by atoms with Crippen molar-refractivity contribution in [2.24, 2.45) is 0 Å². The van der Waals surface area contributed by atoms with Gasteiger partial charge in [-0.15, -0.1) is 0 Å². The fourth-order valence-corrected chi connectivity index (χ4v) is 1.13. The number of amides is 1. The van der Waals surface area contributed by atoms with E-state index >= 15 is 0 Å². The molecule has 0 unspecified atom stereocenters. The average Bonchev–Trinajstić information content (AvgIpc) is 2.02. The predicted molar refractivity (Wildman–Crippen MR) is 64.4 cm³/mol. The highest BCUT2D eigenvalue weighted by molar-refractivity contribution is 14.1. The molecular formula is C9H17IN2O2. The Bertz CT molecular complexity index is 219. The fourth-order valence-electron chi connectivity index (χ4n) is 0.971. The maximum Gasteiger partial charge on any atom is 0.237 e. The molecule has 0 rings (SSSR count). The van der Waals surface area contributed by atoms with Crippen molar-refractivity contribution in [1.82, 2.24) is 10.6 Å². The molecule has 0 aliphatic heterocycles. The molecule has 0 bridgehead atoms. The van der Waals surface area contributed by atoms with Gasteiger partial charge in [-0.25, -0.2) is 0 Å². The molecule has 14 heavy (non-hydrogen) atoms. The second-order valence-corrected chi connectivity index (χ2v) is 4.64. The maximum atomic E-state index is 11.5. The van der Waals surface area contributed by atoms with Gasteiger partial charge in [-0.1, -0.05) is 13.8 Å². The van der Waals surface area contributed by atoms with Crippen LogP contribution in [0.15, 0.2) is 0 Å². The van der Waals surface area contributed by atoms with Gasteiger partial charge < -0.3 is 10.6 Å². The van der Waals surface area contributed by atoms with Gasteiger partial charge in [0, 0.05) is 28.6 Å². The van der Waals surface area contributed by atoms with Crippen LogP contribution in [-0.4, -0.2) is 27.8 Å². The van der Waals surface area contributed by atoms with Crippen molar-refractivity contribution in [1.29, 1.82) is 0 Å². The van der Waals surface area contributed by atoms with Gasteiger partial charge in [-0.2, -0.15) is 0 Å². The zero-order valence-corrected chi connectivity index (χ0v) is 11.1. The van der Waals surface area contributed by atoms with Crippen molar-refractivity contribution in [2.45, 2.75) is 45.8 Å². The lowest BCUT2D eigenvalue weighted by Gasteiger charge is -2.18. The van der Waals surface area contributed by atoms with Gasteiger partial charge in [0.1, 0.15) is 0 Å². The summed E-state index contributed by atoms with van der Waals surface area (Å²) in [4.78, 5) is 22.3. The number of carbonyl (C=O) groups excluding carboxylic acids is 2. The van der Waals surface area contributed by atoms with Crippen LogP contribution < -0.4 is 10.6 Å². The fraction of sp³-hybridized carbons (Fsp3) is 0.778. The highest BCUT2D eigenvalue weighted by Crippen LogP contribution is 1.95. The first-order valence-electron chi connectivity index (χ1n) is 4.60. The normalized spacial score (nSPS) is 15.0. The number of hydrogen-bond donors (Lipinski definition) is 2. The number of carbonyl (C=O) groups is 2. The molecule has 1 amide bonds. The second kappa shape index (κ2) is 6.34. The monoisotopic (exact) mass is 312 g/mol. The molecule has 2 atom stereocenters. The molecule has 0 fully saturated rings. The van der Waals surface area contributed by atoms with Crippen molar-refractivity contribution in [2.75, 3.05) is 0 Å². The third-order valence-corrected chi connectivity index (χ3v) is 2.61. The van der Waals surface area contributed by atoms with Gasteiger partial charge >= 0.3 is 0 Å². The van der Waals surface area contributed by atoms with Crippen LogP contribution in [0.4, 0.5) is 0 Å². The number of hydrogen-bond acceptors (Lipinski definition) is 3. The van der Waals surface area contributed by atoms with Crippen LogP contribution in [0, 0.1) is 0 Å². The number of rotatable bonds is 5. The molecule has 0 aliphatic carbocycles. The Morgan fingerprint density at radius 1 is 1.07 bits per heavy atom. The van der Waals surface area contributed by atoms with Gasteiger partial charge in [0.15, 0.2) is 0 Å². The van der Waals surface area contributed by atoms with E-state index in [2.05, 4.69) is 10.6 Å². The molecule has 0 radical (unpaired) electrons. The van der Waals surface area contributed by atoms with E-state index in [0.29, 0.717) is 0 Å². The molecule has 0 aromatic rings. The van der Waals surface area contributed by atoms with E-state index < -0.39 is 6.04 Å². The minimum absolute atomic E-state index is 0.0623. The molecule has 0 heterocycles. The molecule has 82 valence electrons. The summed E-state index contributed by atoms with van der Waals surface area (Å²) in [7, 11) is 0. The molecule has 0 aromatic carbocycles. The summed E-state index contributed by atoms with van der Waals surface area (Å²) in [5.41, 5.74) is 0. The third kappa shape index (κ3) is 5.54. The average molecular weight is 312 g/mol. The van der Waals surface area contributed by atoms with Gasteiger partial charge in [-0.3, -0.25) is 9.59 Å². The van der Waals surface area contributed by atoms with E-state index in [0.717, 1.165) is 0 Å². The predicted octanol–water partition coefficient (Wildman–Crippen LogP) is 0.839. The van der Waals surface area contributed by atoms with Gasteiger partial charge in [-0.05, 0) is 13.8 Å². The minimum atomic E-state index is -0.417. The summed E-state index contributed by atoms with van der Waals surface area (Å²) < 4.78 is -0.0623. The van der Waals surface area contributed by atoms with Gasteiger partial charge in [0.2, 0.25) is 9.70 Å². The van der Waals surface area contributed by atoms with Gasteiger partial charge in [0.05, 0.1) is 12.1 Å². The van der Waals surface area contributed by atoms with E-state index in [9.17, 15) is 9.59 Å². The van der Waals surface area contributed by atoms with E-state index in [4.69, 9.17) is 0 Å². The molecule has 0 aliphatic rings. The van der Waals surface area contributed by atoms with Crippen LogP contribution in [-0.2, 0) is 9.59 Å². The molecule has 2 N–H and O–H groups in total. The summed E-state index contributed by atoms with van der Waals surface area (Å²) in [6.07, 6.45) is 0. The Hall–Kier alpha value is -0.170. The first kappa shape index (κ1) is 13.8. The summed E-state index contributed by atoms with van der Waals surface area (Å²) in [5, 5.41) is 5.69. The molecule has 0 saturated heterocycles. The molecule has 0 spiro atoms. The summed E-state index contributed by atoms with van der Waals surface area (Å²) in [5.74, 6) is -0.142. The lowest BCUT2D eigenvalue weighted by atomic mass is 10.2. The third-order valence-electron chi connectivity index (χ3n) is 1.68. The molecule has 0 saturated carbocycles. The van der Waals surface area contributed by atoms with Crippen LogP contribution in [0.1, 0.15) is 27.7 Å². The standard InChI is InChI=1S/C9H17IN2O2/c1-5(2)11-7(4)9(14)12-6(3)8(10)13/h5-7,11H,1-4H3,(H,12,14)/t6-,7-/m0/s1. The molecular weight excluding hydrogens is 295 g/mol. The van der Waals surface area contributed by atoms with Crippen LogP contribution in [0.25, 0.3) is 0 Å². The lowest BCUT2D eigenvalue weighted by Crippen LogP contribution is -2.48. The number of nitrogens with one attached hydrogen (secondary N) is 2. The Labute approximate surface area is 98.3 Å². The number of halogens is 1.